The largest absolute Gasteiger partial charge is 0.486 e. The van der Waals surface area contributed by atoms with Crippen LogP contribution in [0.15, 0.2) is 56.3 Å². The molecule has 0 aliphatic heterocycles. The van der Waals surface area contributed by atoms with Crippen LogP contribution in [0, 0.1) is 19.7 Å². The summed E-state index contributed by atoms with van der Waals surface area (Å²) in [5.41, 5.74) is 2.77. The molecule has 27 heavy (non-hydrogen) atoms. The SMILES string of the molecule is Cc1cc(=O)c2c(C)c3ccoc3c(OCCCc3ccc(F)cc3)c2o1. The Morgan fingerprint density at radius 1 is 1.07 bits per heavy atom. The van der Waals surface area contributed by atoms with Crippen LogP contribution in [0.2, 0.25) is 0 Å². The Morgan fingerprint density at radius 3 is 2.63 bits per heavy atom. The third kappa shape index (κ3) is 3.21. The van der Waals surface area contributed by atoms with Crippen molar-refractivity contribution in [3.8, 4) is 5.75 Å². The van der Waals surface area contributed by atoms with Gasteiger partial charge in [-0.3, -0.25) is 4.79 Å². The highest BCUT2D eigenvalue weighted by molar-refractivity contribution is 6.03. The first-order chi connectivity index (χ1) is 13.0. The lowest BCUT2D eigenvalue weighted by Crippen LogP contribution is -2.06. The molecule has 0 fully saturated rings. The second kappa shape index (κ2) is 6.91. The van der Waals surface area contributed by atoms with Gasteiger partial charge in [0.05, 0.1) is 18.3 Å². The first kappa shape index (κ1) is 17.3. The Bertz CT molecular complexity index is 1170. The van der Waals surface area contributed by atoms with E-state index in [9.17, 15) is 9.18 Å². The smallest absolute Gasteiger partial charge is 0.206 e. The molecule has 2 aromatic carbocycles. The van der Waals surface area contributed by atoms with Crippen molar-refractivity contribution in [1.29, 1.82) is 0 Å². The van der Waals surface area contributed by atoms with Crippen LogP contribution >= 0.6 is 0 Å². The summed E-state index contributed by atoms with van der Waals surface area (Å²) in [6, 6.07) is 9.75. The summed E-state index contributed by atoms with van der Waals surface area (Å²) in [5.74, 6) is 0.733. The second-order valence-corrected chi connectivity index (χ2v) is 6.62. The first-order valence-electron chi connectivity index (χ1n) is 8.86. The van der Waals surface area contributed by atoms with Crippen molar-refractivity contribution in [2.24, 2.45) is 0 Å². The van der Waals surface area contributed by atoms with Crippen molar-refractivity contribution in [2.45, 2.75) is 26.7 Å². The Hall–Kier alpha value is -3.08. The lowest BCUT2D eigenvalue weighted by atomic mass is 10.0. The molecule has 4 rings (SSSR count). The van der Waals surface area contributed by atoms with E-state index in [0.717, 1.165) is 29.4 Å². The molecule has 0 radical (unpaired) electrons. The summed E-state index contributed by atoms with van der Waals surface area (Å²) in [6.45, 7) is 4.04. The van der Waals surface area contributed by atoms with Crippen molar-refractivity contribution in [2.75, 3.05) is 6.61 Å². The number of hydrogen-bond acceptors (Lipinski definition) is 4. The van der Waals surface area contributed by atoms with Crippen molar-refractivity contribution in [3.05, 3.63) is 75.6 Å². The highest BCUT2D eigenvalue weighted by atomic mass is 19.1. The van der Waals surface area contributed by atoms with E-state index in [1.54, 1.807) is 25.3 Å². The highest BCUT2D eigenvalue weighted by Crippen LogP contribution is 2.37. The predicted molar refractivity (Wildman–Crippen MR) is 102 cm³/mol. The van der Waals surface area contributed by atoms with Gasteiger partial charge in [0.2, 0.25) is 5.75 Å². The van der Waals surface area contributed by atoms with Crippen molar-refractivity contribution >= 4 is 21.9 Å². The van der Waals surface area contributed by atoms with Crippen LogP contribution in [0.5, 0.6) is 5.75 Å². The van der Waals surface area contributed by atoms with E-state index in [0.29, 0.717) is 34.7 Å². The summed E-state index contributed by atoms with van der Waals surface area (Å²) in [6.07, 6.45) is 3.08. The maximum absolute atomic E-state index is 13.0. The molecular weight excluding hydrogens is 347 g/mol. The van der Waals surface area contributed by atoms with Crippen LogP contribution in [-0.4, -0.2) is 6.61 Å². The predicted octanol–water partition coefficient (Wildman–Crippen LogP) is 5.31. The minimum atomic E-state index is -0.244. The minimum Gasteiger partial charge on any atom is -0.486 e. The molecule has 5 heteroatoms. The average molecular weight is 366 g/mol. The quantitative estimate of drug-likeness (QED) is 0.449. The molecule has 0 amide bonds. The fourth-order valence-corrected chi connectivity index (χ4v) is 3.38. The molecule has 0 atom stereocenters. The van der Waals surface area contributed by atoms with Crippen LogP contribution in [0.25, 0.3) is 21.9 Å². The number of ether oxygens (including phenoxy) is 1. The summed E-state index contributed by atoms with van der Waals surface area (Å²) in [7, 11) is 0. The Labute approximate surface area is 155 Å². The number of rotatable bonds is 5. The Kier molecular flexibility index (Phi) is 4.44. The van der Waals surface area contributed by atoms with Gasteiger partial charge < -0.3 is 13.6 Å². The molecule has 4 nitrogen and oxygen atoms in total. The molecular formula is C22H19FO4. The second-order valence-electron chi connectivity index (χ2n) is 6.62. The van der Waals surface area contributed by atoms with Gasteiger partial charge in [0.1, 0.15) is 11.6 Å². The van der Waals surface area contributed by atoms with Gasteiger partial charge in [0, 0.05) is 11.5 Å². The normalized spacial score (nSPS) is 11.4. The monoisotopic (exact) mass is 366 g/mol. The molecule has 2 heterocycles. The molecule has 0 saturated carbocycles. The van der Waals surface area contributed by atoms with E-state index in [1.165, 1.54) is 18.2 Å². The number of halogens is 1. The molecule has 0 bridgehead atoms. The third-order valence-electron chi connectivity index (χ3n) is 4.70. The standard InChI is InChI=1S/C22H19FO4/c1-13-12-18(24)19-14(2)17-9-11-26-20(17)22(21(19)27-13)25-10-3-4-15-5-7-16(23)8-6-15/h5-9,11-12H,3-4,10H2,1-2H3. The molecule has 2 aromatic heterocycles. The lowest BCUT2D eigenvalue weighted by Gasteiger charge is -2.12. The van der Waals surface area contributed by atoms with Crippen LogP contribution in [0.3, 0.4) is 0 Å². The fraction of sp³-hybridized carbons (Fsp3) is 0.227. The van der Waals surface area contributed by atoms with E-state index in [4.69, 9.17) is 13.6 Å². The molecule has 0 aliphatic carbocycles. The van der Waals surface area contributed by atoms with E-state index in [1.807, 2.05) is 13.0 Å². The molecule has 138 valence electrons. The van der Waals surface area contributed by atoms with Gasteiger partial charge in [-0.05, 0) is 56.0 Å². The van der Waals surface area contributed by atoms with Crippen LogP contribution in [-0.2, 0) is 6.42 Å². The fourth-order valence-electron chi connectivity index (χ4n) is 3.38. The minimum absolute atomic E-state index is 0.0921. The number of furan rings is 1. The van der Waals surface area contributed by atoms with Crippen LogP contribution in [0.4, 0.5) is 4.39 Å². The first-order valence-corrected chi connectivity index (χ1v) is 8.86. The maximum Gasteiger partial charge on any atom is 0.206 e. The van der Waals surface area contributed by atoms with Gasteiger partial charge in [-0.25, -0.2) is 4.39 Å². The molecule has 0 spiro atoms. The number of hydrogen-bond donors (Lipinski definition) is 0. The van der Waals surface area contributed by atoms with Crippen molar-refractivity contribution < 1.29 is 18.0 Å². The van der Waals surface area contributed by atoms with Crippen molar-refractivity contribution in [1.82, 2.24) is 0 Å². The summed E-state index contributed by atoms with van der Waals surface area (Å²) in [4.78, 5) is 12.5. The zero-order chi connectivity index (χ0) is 19.0. The van der Waals surface area contributed by atoms with Gasteiger partial charge in [-0.15, -0.1) is 0 Å². The van der Waals surface area contributed by atoms with Crippen LogP contribution in [0.1, 0.15) is 23.3 Å². The average Bonchev–Trinajstić information content (AvgIpc) is 3.12. The van der Waals surface area contributed by atoms with Gasteiger partial charge >= 0.3 is 0 Å². The van der Waals surface area contributed by atoms with Gasteiger partial charge in [-0.2, -0.15) is 0 Å². The number of aryl methyl sites for hydroxylation is 3. The summed E-state index contributed by atoms with van der Waals surface area (Å²) in [5, 5.41) is 1.36. The van der Waals surface area contributed by atoms with E-state index < -0.39 is 0 Å². The highest BCUT2D eigenvalue weighted by Gasteiger charge is 2.20. The number of fused-ring (bicyclic) bond motifs is 2. The topological polar surface area (TPSA) is 52.6 Å². The Balaban J connectivity index is 1.65. The maximum atomic E-state index is 13.0. The third-order valence-corrected chi connectivity index (χ3v) is 4.70. The summed E-state index contributed by atoms with van der Waals surface area (Å²) >= 11 is 0. The molecule has 0 unspecified atom stereocenters. The summed E-state index contributed by atoms with van der Waals surface area (Å²) < 4.78 is 30.4. The van der Waals surface area contributed by atoms with E-state index in [-0.39, 0.29) is 11.2 Å². The molecule has 0 N–H and O–H groups in total. The molecule has 4 aromatic rings. The molecule has 0 aliphatic rings. The van der Waals surface area contributed by atoms with Crippen molar-refractivity contribution in [3.63, 3.8) is 0 Å². The molecule has 0 saturated heterocycles. The zero-order valence-electron chi connectivity index (χ0n) is 15.2. The van der Waals surface area contributed by atoms with E-state index >= 15 is 0 Å². The van der Waals surface area contributed by atoms with Gasteiger partial charge in [0.25, 0.3) is 0 Å². The van der Waals surface area contributed by atoms with E-state index in [2.05, 4.69) is 0 Å². The number of benzene rings is 2. The Morgan fingerprint density at radius 2 is 1.85 bits per heavy atom. The zero-order valence-corrected chi connectivity index (χ0v) is 15.2. The lowest BCUT2D eigenvalue weighted by molar-refractivity contribution is 0.308. The van der Waals surface area contributed by atoms with Gasteiger partial charge in [-0.1, -0.05) is 12.1 Å². The van der Waals surface area contributed by atoms with Crippen LogP contribution < -0.4 is 10.2 Å². The van der Waals surface area contributed by atoms with Gasteiger partial charge in [0.15, 0.2) is 16.6 Å².